The Kier molecular flexibility index (Phi) is 5.06. The zero-order valence-electron chi connectivity index (χ0n) is 15.7. The SMILES string of the molecule is Cn1ccnc1CN(Cc1ccc(-c2ccccc2)cc1)C(=O)c1ccoc1. The summed E-state index contributed by atoms with van der Waals surface area (Å²) in [6.07, 6.45) is 6.61. The van der Waals surface area contributed by atoms with E-state index < -0.39 is 0 Å². The van der Waals surface area contributed by atoms with E-state index in [1.54, 1.807) is 17.2 Å². The van der Waals surface area contributed by atoms with Gasteiger partial charge in [0.05, 0.1) is 18.4 Å². The van der Waals surface area contributed by atoms with Gasteiger partial charge >= 0.3 is 0 Å². The predicted octanol–water partition coefficient (Wildman–Crippen LogP) is 4.52. The van der Waals surface area contributed by atoms with Crippen molar-refractivity contribution in [1.82, 2.24) is 14.5 Å². The van der Waals surface area contributed by atoms with Crippen molar-refractivity contribution in [3.8, 4) is 11.1 Å². The van der Waals surface area contributed by atoms with Gasteiger partial charge in [0.1, 0.15) is 12.1 Å². The van der Waals surface area contributed by atoms with Crippen molar-refractivity contribution >= 4 is 5.91 Å². The van der Waals surface area contributed by atoms with E-state index in [4.69, 9.17) is 4.42 Å². The number of aryl methyl sites for hydroxylation is 1. The van der Waals surface area contributed by atoms with Crippen molar-refractivity contribution in [3.05, 3.63) is 103 Å². The fourth-order valence-corrected chi connectivity index (χ4v) is 3.14. The zero-order chi connectivity index (χ0) is 19.3. The molecule has 5 nitrogen and oxygen atoms in total. The molecule has 0 N–H and O–H groups in total. The highest BCUT2D eigenvalue weighted by Gasteiger charge is 2.19. The molecule has 0 aliphatic carbocycles. The Hall–Kier alpha value is -3.60. The molecule has 28 heavy (non-hydrogen) atoms. The minimum atomic E-state index is -0.0797. The molecule has 2 aromatic carbocycles. The summed E-state index contributed by atoms with van der Waals surface area (Å²) in [5.74, 6) is 0.752. The molecule has 2 heterocycles. The lowest BCUT2D eigenvalue weighted by atomic mass is 10.0. The maximum atomic E-state index is 13.0. The Balaban J connectivity index is 1.56. The Bertz CT molecular complexity index is 1040. The van der Waals surface area contributed by atoms with Gasteiger partial charge in [-0.05, 0) is 22.8 Å². The van der Waals surface area contributed by atoms with Crippen LogP contribution in [0, 0.1) is 0 Å². The topological polar surface area (TPSA) is 51.3 Å². The van der Waals surface area contributed by atoms with Crippen molar-refractivity contribution in [1.29, 1.82) is 0 Å². The predicted molar refractivity (Wildman–Crippen MR) is 107 cm³/mol. The Morgan fingerprint density at radius 1 is 1.00 bits per heavy atom. The van der Waals surface area contributed by atoms with Crippen LogP contribution in [-0.4, -0.2) is 20.4 Å². The van der Waals surface area contributed by atoms with Gasteiger partial charge in [0.2, 0.25) is 0 Å². The molecule has 0 saturated carbocycles. The standard InChI is InChI=1S/C23H21N3O2/c1-25-13-12-24-22(25)16-26(23(27)21-11-14-28-17-21)15-18-7-9-20(10-8-18)19-5-3-2-4-6-19/h2-14,17H,15-16H2,1H3. The number of carbonyl (C=O) groups excluding carboxylic acids is 1. The quantitative estimate of drug-likeness (QED) is 0.501. The lowest BCUT2D eigenvalue weighted by Crippen LogP contribution is -2.31. The third-order valence-electron chi connectivity index (χ3n) is 4.74. The largest absolute Gasteiger partial charge is 0.472 e. The van der Waals surface area contributed by atoms with E-state index >= 15 is 0 Å². The first-order valence-corrected chi connectivity index (χ1v) is 9.13. The van der Waals surface area contributed by atoms with Gasteiger partial charge in [0.25, 0.3) is 5.91 Å². The van der Waals surface area contributed by atoms with Gasteiger partial charge in [-0.15, -0.1) is 0 Å². The molecule has 0 fully saturated rings. The number of aromatic nitrogens is 2. The normalized spacial score (nSPS) is 10.8. The highest BCUT2D eigenvalue weighted by atomic mass is 16.3. The van der Waals surface area contributed by atoms with Gasteiger partial charge in [-0.25, -0.2) is 4.98 Å². The van der Waals surface area contributed by atoms with Crippen molar-refractivity contribution in [3.63, 3.8) is 0 Å². The Morgan fingerprint density at radius 2 is 1.75 bits per heavy atom. The van der Waals surface area contributed by atoms with Crippen molar-refractivity contribution in [2.45, 2.75) is 13.1 Å². The monoisotopic (exact) mass is 371 g/mol. The van der Waals surface area contributed by atoms with Gasteiger partial charge in [-0.1, -0.05) is 54.6 Å². The molecular weight excluding hydrogens is 350 g/mol. The Morgan fingerprint density at radius 3 is 2.39 bits per heavy atom. The molecule has 0 aliphatic rings. The van der Waals surface area contributed by atoms with Crippen molar-refractivity contribution in [2.24, 2.45) is 7.05 Å². The fourth-order valence-electron chi connectivity index (χ4n) is 3.14. The highest BCUT2D eigenvalue weighted by Crippen LogP contribution is 2.21. The molecule has 0 atom stereocenters. The molecule has 0 aliphatic heterocycles. The second kappa shape index (κ2) is 7.96. The second-order valence-corrected chi connectivity index (χ2v) is 6.69. The summed E-state index contributed by atoms with van der Waals surface area (Å²) in [5, 5.41) is 0. The van der Waals surface area contributed by atoms with Crippen LogP contribution in [0.1, 0.15) is 21.7 Å². The maximum Gasteiger partial charge on any atom is 0.257 e. The summed E-state index contributed by atoms with van der Waals surface area (Å²) < 4.78 is 7.02. The number of rotatable bonds is 6. The third-order valence-corrected chi connectivity index (χ3v) is 4.74. The first-order chi connectivity index (χ1) is 13.7. The van der Waals surface area contributed by atoms with Crippen molar-refractivity contribution in [2.75, 3.05) is 0 Å². The average Bonchev–Trinajstić information content (AvgIpc) is 3.41. The summed E-state index contributed by atoms with van der Waals surface area (Å²) in [5.41, 5.74) is 3.93. The summed E-state index contributed by atoms with van der Waals surface area (Å²) in [4.78, 5) is 19.1. The zero-order valence-corrected chi connectivity index (χ0v) is 15.7. The van der Waals surface area contributed by atoms with Gasteiger partial charge in [-0.3, -0.25) is 4.79 Å². The van der Waals surface area contributed by atoms with Crippen LogP contribution in [0.25, 0.3) is 11.1 Å². The number of furan rings is 1. The number of hydrogen-bond donors (Lipinski definition) is 0. The smallest absolute Gasteiger partial charge is 0.257 e. The van der Waals surface area contributed by atoms with Crippen LogP contribution in [0.2, 0.25) is 0 Å². The lowest BCUT2D eigenvalue weighted by Gasteiger charge is -2.22. The van der Waals surface area contributed by atoms with Gasteiger partial charge in [0.15, 0.2) is 0 Å². The number of amides is 1. The molecule has 0 bridgehead atoms. The Labute approximate surface area is 163 Å². The molecule has 0 saturated heterocycles. The maximum absolute atomic E-state index is 13.0. The second-order valence-electron chi connectivity index (χ2n) is 6.69. The highest BCUT2D eigenvalue weighted by molar-refractivity contribution is 5.93. The van der Waals surface area contributed by atoms with Crippen molar-refractivity contribution < 1.29 is 9.21 Å². The molecular formula is C23H21N3O2. The van der Waals surface area contributed by atoms with E-state index in [2.05, 4.69) is 41.4 Å². The molecule has 2 aromatic heterocycles. The number of benzene rings is 2. The summed E-state index contributed by atoms with van der Waals surface area (Å²) >= 11 is 0. The molecule has 4 aromatic rings. The molecule has 5 heteroatoms. The molecule has 1 amide bonds. The van der Waals surface area contributed by atoms with Crippen LogP contribution >= 0.6 is 0 Å². The van der Waals surface area contributed by atoms with Gasteiger partial charge < -0.3 is 13.9 Å². The van der Waals surface area contributed by atoms with E-state index in [0.717, 1.165) is 17.0 Å². The number of nitrogens with zero attached hydrogens (tertiary/aromatic N) is 3. The van der Waals surface area contributed by atoms with Crippen LogP contribution < -0.4 is 0 Å². The summed E-state index contributed by atoms with van der Waals surface area (Å²) in [7, 11) is 1.93. The van der Waals surface area contributed by atoms with Crippen LogP contribution in [0.5, 0.6) is 0 Å². The third kappa shape index (κ3) is 3.88. The van der Waals surface area contributed by atoms with Gasteiger partial charge in [-0.2, -0.15) is 0 Å². The summed E-state index contributed by atoms with van der Waals surface area (Å²) in [6.45, 7) is 0.917. The first kappa shape index (κ1) is 17.8. The summed E-state index contributed by atoms with van der Waals surface area (Å²) in [6, 6.07) is 20.2. The first-order valence-electron chi connectivity index (χ1n) is 9.13. The number of carbonyl (C=O) groups is 1. The molecule has 0 spiro atoms. The van der Waals surface area contributed by atoms with Crippen LogP contribution in [0.4, 0.5) is 0 Å². The van der Waals surface area contributed by atoms with E-state index in [-0.39, 0.29) is 5.91 Å². The molecule has 0 radical (unpaired) electrons. The van der Waals surface area contributed by atoms with Gasteiger partial charge in [0, 0.05) is 26.0 Å². The van der Waals surface area contributed by atoms with Crippen LogP contribution in [-0.2, 0) is 20.1 Å². The molecule has 140 valence electrons. The van der Waals surface area contributed by atoms with Crippen LogP contribution in [0.15, 0.2) is 90.0 Å². The van der Waals surface area contributed by atoms with E-state index in [1.807, 2.05) is 36.0 Å². The lowest BCUT2D eigenvalue weighted by molar-refractivity contribution is 0.0723. The number of hydrogen-bond acceptors (Lipinski definition) is 3. The number of imidazole rings is 1. The molecule has 0 unspecified atom stereocenters. The van der Waals surface area contributed by atoms with Crippen LogP contribution in [0.3, 0.4) is 0 Å². The van der Waals surface area contributed by atoms with E-state index in [1.165, 1.54) is 18.1 Å². The average molecular weight is 371 g/mol. The minimum absolute atomic E-state index is 0.0797. The minimum Gasteiger partial charge on any atom is -0.472 e. The molecule has 4 rings (SSSR count). The fraction of sp³-hybridized carbons (Fsp3) is 0.130. The van der Waals surface area contributed by atoms with E-state index in [0.29, 0.717) is 18.7 Å². The van der Waals surface area contributed by atoms with E-state index in [9.17, 15) is 4.79 Å².